The van der Waals surface area contributed by atoms with Crippen LogP contribution in [0.25, 0.3) is 5.69 Å². The van der Waals surface area contributed by atoms with E-state index >= 15 is 0 Å². The largest absolute Gasteiger partial charge is 0.369 e. The lowest BCUT2D eigenvalue weighted by Crippen LogP contribution is -2.06. The Morgan fingerprint density at radius 2 is 2.04 bits per heavy atom. The molecule has 6 heteroatoms. The van der Waals surface area contributed by atoms with Crippen LogP contribution in [0.1, 0.15) is 22.4 Å². The molecule has 0 atom stereocenters. The van der Waals surface area contributed by atoms with Gasteiger partial charge >= 0.3 is 0 Å². The molecule has 1 N–H and O–H groups in total. The van der Waals surface area contributed by atoms with Crippen LogP contribution in [0.5, 0.6) is 0 Å². The molecule has 4 nitrogen and oxygen atoms in total. The van der Waals surface area contributed by atoms with Gasteiger partial charge in [-0.3, -0.25) is 0 Å². The van der Waals surface area contributed by atoms with Crippen molar-refractivity contribution in [1.29, 1.82) is 5.26 Å². The van der Waals surface area contributed by atoms with Crippen LogP contribution in [-0.4, -0.2) is 16.3 Å². The van der Waals surface area contributed by atoms with Crippen LogP contribution in [0.3, 0.4) is 0 Å². The van der Waals surface area contributed by atoms with Gasteiger partial charge in [-0.25, -0.2) is 4.68 Å². The maximum absolute atomic E-state index is 9.39. The number of hydrogen-bond donors (Lipinski definition) is 1. The molecule has 0 spiro atoms. The van der Waals surface area contributed by atoms with Crippen LogP contribution < -0.4 is 5.32 Å². The fourth-order valence-corrected chi connectivity index (χ4v) is 3.64. The highest BCUT2D eigenvalue weighted by Crippen LogP contribution is 2.32. The number of anilines is 1. The molecule has 0 aliphatic carbocycles. The van der Waals surface area contributed by atoms with Gasteiger partial charge in [0.2, 0.25) is 0 Å². The number of halogens is 2. The first-order valence-corrected chi connectivity index (χ1v) is 8.71. The van der Waals surface area contributed by atoms with Crippen LogP contribution in [0, 0.1) is 11.3 Å². The van der Waals surface area contributed by atoms with Crippen molar-refractivity contribution in [1.82, 2.24) is 9.78 Å². The van der Waals surface area contributed by atoms with Gasteiger partial charge in [0.05, 0.1) is 16.9 Å². The minimum Gasteiger partial charge on any atom is -0.369 e. The van der Waals surface area contributed by atoms with Gasteiger partial charge in [-0.05, 0) is 36.2 Å². The standard InChI is InChI=1S/C19H14Cl2N4/c20-14-6-5-12(16(21)10-14)9-17-15-7-8-23-19(15)25(24-17)18-4-2-1-3-13(18)11-22/h1-6,10,23H,7-9H2. The lowest BCUT2D eigenvalue weighted by atomic mass is 10.1. The lowest BCUT2D eigenvalue weighted by molar-refractivity contribution is 0.838. The summed E-state index contributed by atoms with van der Waals surface area (Å²) in [4.78, 5) is 0. The van der Waals surface area contributed by atoms with Crippen LogP contribution in [0.4, 0.5) is 5.82 Å². The number of nitrogens with one attached hydrogen (secondary N) is 1. The Labute approximate surface area is 155 Å². The summed E-state index contributed by atoms with van der Waals surface area (Å²) in [6, 6.07) is 15.2. The van der Waals surface area contributed by atoms with Gasteiger partial charge in [0, 0.05) is 28.6 Å². The van der Waals surface area contributed by atoms with Gasteiger partial charge in [-0.15, -0.1) is 0 Å². The van der Waals surface area contributed by atoms with E-state index in [2.05, 4.69) is 11.4 Å². The Balaban J connectivity index is 1.80. The summed E-state index contributed by atoms with van der Waals surface area (Å²) in [5, 5.41) is 18.8. The Hall–Kier alpha value is -2.48. The van der Waals surface area contributed by atoms with E-state index in [0.717, 1.165) is 35.7 Å². The number of fused-ring (bicyclic) bond motifs is 1. The zero-order valence-electron chi connectivity index (χ0n) is 13.3. The van der Waals surface area contributed by atoms with E-state index in [9.17, 15) is 5.26 Å². The van der Waals surface area contributed by atoms with E-state index in [-0.39, 0.29) is 0 Å². The number of nitriles is 1. The second kappa shape index (κ2) is 6.44. The third-order valence-electron chi connectivity index (χ3n) is 4.36. The van der Waals surface area contributed by atoms with Crippen LogP contribution >= 0.6 is 23.2 Å². The minimum atomic E-state index is 0.595. The highest BCUT2D eigenvalue weighted by Gasteiger charge is 2.24. The fraction of sp³-hybridized carbons (Fsp3) is 0.158. The molecule has 3 aromatic rings. The van der Waals surface area contributed by atoms with Gasteiger partial charge < -0.3 is 5.32 Å². The predicted molar refractivity (Wildman–Crippen MR) is 99.7 cm³/mol. The van der Waals surface area contributed by atoms with E-state index in [1.54, 1.807) is 12.1 Å². The number of rotatable bonds is 3. The third-order valence-corrected chi connectivity index (χ3v) is 4.95. The smallest absolute Gasteiger partial charge is 0.133 e. The predicted octanol–water partition coefficient (Wildman–Crippen LogP) is 4.61. The van der Waals surface area contributed by atoms with Gasteiger partial charge in [0.25, 0.3) is 0 Å². The van der Waals surface area contributed by atoms with Crippen molar-refractivity contribution in [3.8, 4) is 11.8 Å². The van der Waals surface area contributed by atoms with Crippen molar-refractivity contribution in [2.75, 3.05) is 11.9 Å². The number of para-hydroxylation sites is 1. The highest BCUT2D eigenvalue weighted by atomic mass is 35.5. The molecular weight excluding hydrogens is 355 g/mol. The molecule has 1 aliphatic rings. The van der Waals surface area contributed by atoms with Gasteiger partial charge in [-0.1, -0.05) is 41.4 Å². The van der Waals surface area contributed by atoms with Crippen LogP contribution in [0.2, 0.25) is 10.0 Å². The minimum absolute atomic E-state index is 0.595. The summed E-state index contributed by atoms with van der Waals surface area (Å²) < 4.78 is 1.83. The second-order valence-electron chi connectivity index (χ2n) is 5.90. The number of hydrogen-bond acceptors (Lipinski definition) is 3. The summed E-state index contributed by atoms with van der Waals surface area (Å²) in [7, 11) is 0. The molecule has 25 heavy (non-hydrogen) atoms. The Morgan fingerprint density at radius 3 is 2.84 bits per heavy atom. The van der Waals surface area contributed by atoms with Crippen LogP contribution in [0.15, 0.2) is 42.5 Å². The quantitative estimate of drug-likeness (QED) is 0.734. The van der Waals surface area contributed by atoms with Crippen molar-refractivity contribution in [3.05, 3.63) is 74.9 Å². The first-order chi connectivity index (χ1) is 12.2. The normalized spacial score (nSPS) is 12.5. The summed E-state index contributed by atoms with van der Waals surface area (Å²) in [6.45, 7) is 0.864. The Morgan fingerprint density at radius 1 is 1.20 bits per heavy atom. The second-order valence-corrected chi connectivity index (χ2v) is 6.75. The van der Waals surface area contributed by atoms with Crippen molar-refractivity contribution in [3.63, 3.8) is 0 Å². The van der Waals surface area contributed by atoms with E-state index in [0.29, 0.717) is 22.0 Å². The summed E-state index contributed by atoms with van der Waals surface area (Å²) in [6.07, 6.45) is 1.53. The van der Waals surface area contributed by atoms with Crippen molar-refractivity contribution < 1.29 is 0 Å². The molecule has 0 saturated heterocycles. The molecule has 1 aromatic heterocycles. The highest BCUT2D eigenvalue weighted by molar-refractivity contribution is 6.35. The molecule has 2 aromatic carbocycles. The topological polar surface area (TPSA) is 53.6 Å². The Bertz CT molecular complexity index is 1000. The number of aromatic nitrogens is 2. The number of nitrogens with zero attached hydrogens (tertiary/aromatic N) is 3. The van der Waals surface area contributed by atoms with E-state index < -0.39 is 0 Å². The van der Waals surface area contributed by atoms with E-state index in [1.165, 1.54) is 5.56 Å². The molecule has 0 unspecified atom stereocenters. The zero-order chi connectivity index (χ0) is 17.4. The number of benzene rings is 2. The SMILES string of the molecule is N#Cc1ccccc1-n1nc(Cc2ccc(Cl)cc2Cl)c2c1NCC2. The maximum Gasteiger partial charge on any atom is 0.133 e. The van der Waals surface area contributed by atoms with E-state index in [4.69, 9.17) is 28.3 Å². The first-order valence-electron chi connectivity index (χ1n) is 7.95. The summed E-state index contributed by atoms with van der Waals surface area (Å²) >= 11 is 12.3. The van der Waals surface area contributed by atoms with Gasteiger partial charge in [0.15, 0.2) is 0 Å². The fourth-order valence-electron chi connectivity index (χ4n) is 3.16. The molecule has 0 amide bonds. The molecule has 0 radical (unpaired) electrons. The molecule has 1 aliphatic heterocycles. The maximum atomic E-state index is 9.39. The molecule has 0 saturated carbocycles. The Kier molecular flexibility index (Phi) is 4.12. The average molecular weight is 369 g/mol. The first kappa shape index (κ1) is 16.0. The lowest BCUT2D eigenvalue weighted by Gasteiger charge is -2.08. The van der Waals surface area contributed by atoms with Crippen LogP contribution in [-0.2, 0) is 12.8 Å². The monoisotopic (exact) mass is 368 g/mol. The molecule has 0 fully saturated rings. The molecule has 2 heterocycles. The molecule has 0 bridgehead atoms. The summed E-state index contributed by atoms with van der Waals surface area (Å²) in [5.74, 6) is 0.961. The van der Waals surface area contributed by atoms with E-state index in [1.807, 2.05) is 35.0 Å². The van der Waals surface area contributed by atoms with Gasteiger partial charge in [-0.2, -0.15) is 10.4 Å². The van der Waals surface area contributed by atoms with Gasteiger partial charge in [0.1, 0.15) is 11.9 Å². The van der Waals surface area contributed by atoms with Crippen molar-refractivity contribution >= 4 is 29.0 Å². The average Bonchev–Trinajstić information content (AvgIpc) is 3.21. The molecule has 124 valence electrons. The molecule has 4 rings (SSSR count). The zero-order valence-corrected chi connectivity index (χ0v) is 14.8. The van der Waals surface area contributed by atoms with Crippen molar-refractivity contribution in [2.24, 2.45) is 0 Å². The third kappa shape index (κ3) is 2.86. The van der Waals surface area contributed by atoms with Crippen molar-refractivity contribution in [2.45, 2.75) is 12.8 Å². The molecular formula is C19H14Cl2N4. The summed E-state index contributed by atoms with van der Waals surface area (Å²) in [5.41, 5.74) is 4.51.